The average Bonchev–Trinajstić information content (AvgIpc) is 2.89. The summed E-state index contributed by atoms with van der Waals surface area (Å²) in [6.45, 7) is 2.88. The Hall–Kier alpha value is -2.88. The molecule has 0 bridgehead atoms. The fourth-order valence-electron chi connectivity index (χ4n) is 3.46. The standard InChI is InChI=1S/C19H22N6O/c20-10-14-5-6-18(21-11-14)22-12-16-9-17-13-24(7-2-8-25(17)23-16)19(26)15-3-1-4-15/h5-6,9,11,15H,1-4,7-8,12-13H2,(H,21,22). The SMILES string of the molecule is N#Cc1ccc(NCc2cc3n(n2)CCCN(C(=O)C2CCC2)C3)nc1. The molecule has 0 saturated heterocycles. The third-order valence-electron chi connectivity index (χ3n) is 5.17. The zero-order valence-corrected chi connectivity index (χ0v) is 14.7. The zero-order valence-electron chi connectivity index (χ0n) is 14.7. The lowest BCUT2D eigenvalue weighted by Crippen LogP contribution is -2.38. The van der Waals surface area contributed by atoms with Crippen molar-refractivity contribution in [2.24, 2.45) is 5.92 Å². The molecule has 26 heavy (non-hydrogen) atoms. The third kappa shape index (κ3) is 3.40. The van der Waals surface area contributed by atoms with Crippen molar-refractivity contribution in [3.63, 3.8) is 0 Å². The molecule has 1 aliphatic heterocycles. The summed E-state index contributed by atoms with van der Waals surface area (Å²) < 4.78 is 2.03. The van der Waals surface area contributed by atoms with Gasteiger partial charge in [-0.2, -0.15) is 10.4 Å². The first-order chi connectivity index (χ1) is 12.7. The molecule has 1 amide bonds. The van der Waals surface area contributed by atoms with E-state index in [1.165, 1.54) is 6.42 Å². The lowest BCUT2D eigenvalue weighted by molar-refractivity contribution is -0.138. The smallest absolute Gasteiger partial charge is 0.226 e. The fourth-order valence-corrected chi connectivity index (χ4v) is 3.46. The van der Waals surface area contributed by atoms with E-state index in [4.69, 9.17) is 5.26 Å². The lowest BCUT2D eigenvalue weighted by atomic mass is 9.84. The van der Waals surface area contributed by atoms with E-state index in [1.807, 2.05) is 9.58 Å². The highest BCUT2D eigenvalue weighted by molar-refractivity contribution is 5.79. The molecular formula is C19H22N6O. The number of nitrogens with zero attached hydrogens (tertiary/aromatic N) is 5. The molecule has 4 rings (SSSR count). The second-order valence-electron chi connectivity index (χ2n) is 6.99. The fraction of sp³-hybridized carbons (Fsp3) is 0.474. The van der Waals surface area contributed by atoms with Gasteiger partial charge in [0.15, 0.2) is 0 Å². The Morgan fingerprint density at radius 3 is 2.88 bits per heavy atom. The van der Waals surface area contributed by atoms with Gasteiger partial charge < -0.3 is 10.2 Å². The minimum Gasteiger partial charge on any atom is -0.364 e. The molecule has 2 aromatic heterocycles. The maximum Gasteiger partial charge on any atom is 0.226 e. The summed E-state index contributed by atoms with van der Waals surface area (Å²) in [6.07, 6.45) is 5.76. The summed E-state index contributed by atoms with van der Waals surface area (Å²) in [5.41, 5.74) is 2.57. The molecule has 1 saturated carbocycles. The number of nitriles is 1. The Morgan fingerprint density at radius 1 is 1.31 bits per heavy atom. The normalized spacial score (nSPS) is 17.0. The molecule has 2 aliphatic rings. The van der Waals surface area contributed by atoms with Crippen molar-refractivity contribution in [3.05, 3.63) is 41.3 Å². The van der Waals surface area contributed by atoms with Crippen LogP contribution < -0.4 is 5.32 Å². The van der Waals surface area contributed by atoms with E-state index >= 15 is 0 Å². The number of pyridine rings is 1. The van der Waals surface area contributed by atoms with Gasteiger partial charge in [-0.05, 0) is 37.5 Å². The number of fused-ring (bicyclic) bond motifs is 1. The van der Waals surface area contributed by atoms with Gasteiger partial charge in [-0.15, -0.1) is 0 Å². The molecule has 2 aromatic rings. The van der Waals surface area contributed by atoms with Gasteiger partial charge in [-0.1, -0.05) is 6.42 Å². The van der Waals surface area contributed by atoms with Crippen molar-refractivity contribution in [1.82, 2.24) is 19.7 Å². The van der Waals surface area contributed by atoms with Crippen molar-refractivity contribution in [2.45, 2.75) is 45.3 Å². The van der Waals surface area contributed by atoms with Crippen LogP contribution in [-0.4, -0.2) is 32.1 Å². The van der Waals surface area contributed by atoms with Crippen molar-refractivity contribution in [2.75, 3.05) is 11.9 Å². The molecule has 0 aromatic carbocycles. The van der Waals surface area contributed by atoms with E-state index in [0.29, 0.717) is 30.4 Å². The number of aryl methyl sites for hydroxylation is 1. The molecule has 1 fully saturated rings. The molecular weight excluding hydrogens is 328 g/mol. The van der Waals surface area contributed by atoms with Gasteiger partial charge in [0.25, 0.3) is 0 Å². The van der Waals surface area contributed by atoms with Gasteiger partial charge in [0.05, 0.1) is 30.0 Å². The highest BCUT2D eigenvalue weighted by Crippen LogP contribution is 2.29. The van der Waals surface area contributed by atoms with Crippen molar-refractivity contribution >= 4 is 11.7 Å². The Morgan fingerprint density at radius 2 is 2.19 bits per heavy atom. The predicted octanol–water partition coefficient (Wildman–Crippen LogP) is 2.29. The zero-order chi connectivity index (χ0) is 17.9. The molecule has 0 radical (unpaired) electrons. The van der Waals surface area contributed by atoms with Crippen LogP contribution in [-0.2, 0) is 24.4 Å². The second-order valence-corrected chi connectivity index (χ2v) is 6.99. The third-order valence-corrected chi connectivity index (χ3v) is 5.17. The summed E-state index contributed by atoms with van der Waals surface area (Å²) in [7, 11) is 0. The van der Waals surface area contributed by atoms with Crippen LogP contribution >= 0.6 is 0 Å². The number of carbonyl (C=O) groups excluding carboxylic acids is 1. The molecule has 1 N–H and O–H groups in total. The molecule has 3 heterocycles. The first kappa shape index (κ1) is 16.6. The number of hydrogen-bond donors (Lipinski definition) is 1. The van der Waals surface area contributed by atoms with Crippen LogP contribution in [0.3, 0.4) is 0 Å². The van der Waals surface area contributed by atoms with E-state index in [9.17, 15) is 4.79 Å². The topological polar surface area (TPSA) is 86.8 Å². The molecule has 7 nitrogen and oxygen atoms in total. The van der Waals surface area contributed by atoms with Gasteiger partial charge in [-0.25, -0.2) is 4.98 Å². The van der Waals surface area contributed by atoms with Crippen LogP contribution in [0.25, 0.3) is 0 Å². The Bertz CT molecular complexity index is 831. The highest BCUT2D eigenvalue weighted by Gasteiger charge is 2.30. The van der Waals surface area contributed by atoms with E-state index in [0.717, 1.165) is 43.7 Å². The van der Waals surface area contributed by atoms with Crippen LogP contribution in [0.5, 0.6) is 0 Å². The summed E-state index contributed by atoms with van der Waals surface area (Å²) in [4.78, 5) is 18.8. The summed E-state index contributed by atoms with van der Waals surface area (Å²) in [6, 6.07) is 7.66. The van der Waals surface area contributed by atoms with Gasteiger partial charge in [0, 0.05) is 25.2 Å². The van der Waals surface area contributed by atoms with Crippen LogP contribution in [0.1, 0.15) is 42.6 Å². The number of carbonyl (C=O) groups is 1. The predicted molar refractivity (Wildman–Crippen MR) is 95.9 cm³/mol. The average molecular weight is 350 g/mol. The van der Waals surface area contributed by atoms with Crippen LogP contribution in [0.4, 0.5) is 5.82 Å². The quantitative estimate of drug-likeness (QED) is 0.914. The molecule has 1 aliphatic carbocycles. The molecule has 0 atom stereocenters. The van der Waals surface area contributed by atoms with Crippen LogP contribution in [0, 0.1) is 17.2 Å². The number of amides is 1. The first-order valence-corrected chi connectivity index (χ1v) is 9.17. The molecule has 0 spiro atoms. The number of rotatable bonds is 4. The van der Waals surface area contributed by atoms with Gasteiger partial charge in [0.2, 0.25) is 5.91 Å². The largest absolute Gasteiger partial charge is 0.364 e. The maximum atomic E-state index is 12.6. The number of nitrogens with one attached hydrogen (secondary N) is 1. The minimum absolute atomic E-state index is 0.244. The van der Waals surface area contributed by atoms with Crippen molar-refractivity contribution in [3.8, 4) is 6.07 Å². The van der Waals surface area contributed by atoms with Crippen molar-refractivity contribution in [1.29, 1.82) is 5.26 Å². The molecule has 0 unspecified atom stereocenters. The maximum absolute atomic E-state index is 12.6. The molecule has 134 valence electrons. The highest BCUT2D eigenvalue weighted by atomic mass is 16.2. The second kappa shape index (κ2) is 7.16. The van der Waals surface area contributed by atoms with Gasteiger partial charge in [0.1, 0.15) is 11.9 Å². The summed E-state index contributed by atoms with van der Waals surface area (Å²) >= 11 is 0. The molecule has 7 heteroatoms. The minimum atomic E-state index is 0.244. The Kier molecular flexibility index (Phi) is 4.57. The number of hydrogen-bond acceptors (Lipinski definition) is 5. The Balaban J connectivity index is 1.40. The number of aromatic nitrogens is 3. The lowest BCUT2D eigenvalue weighted by Gasteiger charge is -2.30. The number of anilines is 1. The Labute approximate surface area is 152 Å². The summed E-state index contributed by atoms with van der Waals surface area (Å²) in [5, 5.41) is 16.7. The van der Waals surface area contributed by atoms with Gasteiger partial charge in [-0.3, -0.25) is 9.48 Å². The van der Waals surface area contributed by atoms with E-state index in [2.05, 4.69) is 27.5 Å². The van der Waals surface area contributed by atoms with Crippen LogP contribution in [0.15, 0.2) is 24.4 Å². The van der Waals surface area contributed by atoms with E-state index in [1.54, 1.807) is 18.3 Å². The van der Waals surface area contributed by atoms with Gasteiger partial charge >= 0.3 is 0 Å². The van der Waals surface area contributed by atoms with Crippen LogP contribution in [0.2, 0.25) is 0 Å². The first-order valence-electron chi connectivity index (χ1n) is 9.17. The monoisotopic (exact) mass is 350 g/mol. The van der Waals surface area contributed by atoms with E-state index in [-0.39, 0.29) is 5.92 Å². The van der Waals surface area contributed by atoms with Crippen molar-refractivity contribution < 1.29 is 4.79 Å². The van der Waals surface area contributed by atoms with E-state index < -0.39 is 0 Å². The summed E-state index contributed by atoms with van der Waals surface area (Å²) in [5.74, 6) is 1.27.